The summed E-state index contributed by atoms with van der Waals surface area (Å²) >= 11 is 1.84. The average Bonchev–Trinajstić information content (AvgIpc) is 3.77. The molecule has 2 aromatic heterocycles. The molecule has 2 nitrogen and oxygen atoms in total. The van der Waals surface area contributed by atoms with E-state index in [1.165, 1.54) is 69.3 Å². The van der Waals surface area contributed by atoms with Crippen molar-refractivity contribution in [1.82, 2.24) is 0 Å². The SMILES string of the molecule is c1ccc(N(c2c3ccccc3c(-c3ccc4ccccc4c3)c3ccccc23)c2cc3c4ccccc4oc3c3c2sc2ccccc23)cc1. The highest BCUT2D eigenvalue weighted by Gasteiger charge is 2.27. The molecule has 0 bridgehead atoms. The van der Waals surface area contributed by atoms with E-state index < -0.39 is 0 Å². The summed E-state index contributed by atoms with van der Waals surface area (Å²) in [5.41, 5.74) is 7.75. The predicted octanol–water partition coefficient (Wildman–Crippen LogP) is 14.6. The van der Waals surface area contributed by atoms with Crippen molar-refractivity contribution in [3.8, 4) is 11.1 Å². The highest BCUT2D eigenvalue weighted by atomic mass is 32.1. The first-order valence-corrected chi connectivity index (χ1v) is 18.2. The highest BCUT2D eigenvalue weighted by Crippen LogP contribution is 2.53. The molecule has 11 rings (SSSR count). The minimum Gasteiger partial charge on any atom is -0.455 e. The van der Waals surface area contributed by atoms with Crippen LogP contribution in [0.3, 0.4) is 0 Å². The Morgan fingerprint density at radius 1 is 0.451 bits per heavy atom. The molecule has 3 heteroatoms. The van der Waals surface area contributed by atoms with Crippen LogP contribution in [0, 0.1) is 0 Å². The van der Waals surface area contributed by atoms with Crippen LogP contribution in [0.25, 0.3) is 85.6 Å². The van der Waals surface area contributed by atoms with Gasteiger partial charge in [0.15, 0.2) is 0 Å². The van der Waals surface area contributed by atoms with Crippen LogP contribution in [-0.4, -0.2) is 0 Å². The van der Waals surface area contributed by atoms with Crippen molar-refractivity contribution in [3.05, 3.63) is 176 Å². The summed E-state index contributed by atoms with van der Waals surface area (Å²) in [5.74, 6) is 0. The zero-order valence-corrected chi connectivity index (χ0v) is 28.3. The third kappa shape index (κ3) is 4.22. The van der Waals surface area contributed by atoms with Crippen molar-refractivity contribution >= 4 is 103 Å². The molecule has 0 aliphatic carbocycles. The number of fused-ring (bicyclic) bond motifs is 10. The molecule has 11 aromatic rings. The Hall–Kier alpha value is -6.42. The van der Waals surface area contributed by atoms with E-state index in [9.17, 15) is 0 Å². The molecule has 9 aromatic carbocycles. The standard InChI is InChI=1S/C48H29NOS/c1-2-16-33(17-3-1)49(41-29-40-34-18-10-12-24-42(34)50-47(40)45-39-23-11-13-25-43(39)51-48(41)45)46-37-21-8-6-19-35(37)44(36-20-7-9-22-38(36)46)32-27-26-30-14-4-5-15-31(30)28-32/h1-29H. The van der Waals surface area contributed by atoms with Gasteiger partial charge in [0.1, 0.15) is 11.2 Å². The second-order valence-electron chi connectivity index (χ2n) is 13.2. The van der Waals surface area contributed by atoms with Crippen LogP contribution in [0.15, 0.2) is 180 Å². The van der Waals surface area contributed by atoms with Crippen LogP contribution in [-0.2, 0) is 0 Å². The normalized spacial score (nSPS) is 11.9. The van der Waals surface area contributed by atoms with E-state index in [1.54, 1.807) is 0 Å². The third-order valence-corrected chi connectivity index (χ3v) is 11.6. The number of furan rings is 1. The molecule has 0 saturated heterocycles. The number of hydrogen-bond acceptors (Lipinski definition) is 3. The van der Waals surface area contributed by atoms with Gasteiger partial charge in [-0.2, -0.15) is 0 Å². The lowest BCUT2D eigenvalue weighted by Crippen LogP contribution is -2.11. The minimum absolute atomic E-state index is 0.906. The zero-order chi connectivity index (χ0) is 33.5. The van der Waals surface area contributed by atoms with E-state index >= 15 is 0 Å². The third-order valence-electron chi connectivity index (χ3n) is 10.4. The molecule has 0 unspecified atom stereocenters. The quantitative estimate of drug-likeness (QED) is 0.174. The predicted molar refractivity (Wildman–Crippen MR) is 219 cm³/mol. The van der Waals surface area contributed by atoms with Gasteiger partial charge in [-0.3, -0.25) is 0 Å². The van der Waals surface area contributed by atoms with E-state index in [-0.39, 0.29) is 0 Å². The fourth-order valence-corrected chi connectivity index (χ4v) is 9.39. The van der Waals surface area contributed by atoms with Gasteiger partial charge in [0.05, 0.1) is 16.1 Å². The van der Waals surface area contributed by atoms with Crippen molar-refractivity contribution < 1.29 is 4.42 Å². The van der Waals surface area contributed by atoms with Crippen LogP contribution in [0.1, 0.15) is 0 Å². The lowest BCUT2D eigenvalue weighted by molar-refractivity contribution is 0.673. The topological polar surface area (TPSA) is 16.4 Å². The van der Waals surface area contributed by atoms with Gasteiger partial charge in [-0.15, -0.1) is 11.3 Å². The molecule has 0 radical (unpaired) electrons. The number of nitrogens with zero attached hydrogens (tertiary/aromatic N) is 1. The Balaban J connectivity index is 1.31. The van der Waals surface area contributed by atoms with Crippen molar-refractivity contribution in [2.75, 3.05) is 4.90 Å². The molecule has 0 spiro atoms. The molecule has 0 aliphatic heterocycles. The number of benzene rings is 9. The monoisotopic (exact) mass is 667 g/mol. The first-order valence-electron chi connectivity index (χ1n) is 17.4. The summed E-state index contributed by atoms with van der Waals surface area (Å²) in [5, 5.41) is 12.0. The van der Waals surface area contributed by atoms with Gasteiger partial charge in [0.2, 0.25) is 0 Å². The van der Waals surface area contributed by atoms with Crippen molar-refractivity contribution in [2.24, 2.45) is 0 Å². The van der Waals surface area contributed by atoms with Gasteiger partial charge < -0.3 is 9.32 Å². The molecule has 0 N–H and O–H groups in total. The van der Waals surface area contributed by atoms with Crippen LogP contribution >= 0.6 is 11.3 Å². The van der Waals surface area contributed by atoms with Crippen molar-refractivity contribution in [3.63, 3.8) is 0 Å². The summed E-state index contributed by atoms with van der Waals surface area (Å²) in [6.45, 7) is 0. The fraction of sp³-hybridized carbons (Fsp3) is 0. The summed E-state index contributed by atoms with van der Waals surface area (Å²) in [6, 6.07) is 63.8. The Kier molecular flexibility index (Phi) is 6.16. The van der Waals surface area contributed by atoms with Gasteiger partial charge in [-0.25, -0.2) is 0 Å². The average molecular weight is 668 g/mol. The molecular formula is C48H29NOS. The molecule has 0 fully saturated rings. The van der Waals surface area contributed by atoms with E-state index in [0.717, 1.165) is 33.3 Å². The van der Waals surface area contributed by atoms with E-state index in [0.29, 0.717) is 0 Å². The maximum absolute atomic E-state index is 6.70. The molecule has 2 heterocycles. The number of rotatable bonds is 4. The smallest absolute Gasteiger partial charge is 0.144 e. The van der Waals surface area contributed by atoms with Crippen LogP contribution < -0.4 is 4.90 Å². The first-order chi connectivity index (χ1) is 25.3. The summed E-state index contributed by atoms with van der Waals surface area (Å²) in [6.07, 6.45) is 0. The Morgan fingerprint density at radius 2 is 1.06 bits per heavy atom. The summed E-state index contributed by atoms with van der Waals surface area (Å²) in [7, 11) is 0. The Labute approximate surface area is 298 Å². The lowest BCUT2D eigenvalue weighted by Gasteiger charge is -2.30. The number of anilines is 3. The zero-order valence-electron chi connectivity index (χ0n) is 27.5. The minimum atomic E-state index is 0.906. The van der Waals surface area contributed by atoms with E-state index in [2.05, 4.69) is 181 Å². The number of thiophene rings is 1. The lowest BCUT2D eigenvalue weighted by atomic mass is 9.89. The molecule has 0 amide bonds. The van der Waals surface area contributed by atoms with Crippen molar-refractivity contribution in [2.45, 2.75) is 0 Å². The van der Waals surface area contributed by atoms with Crippen LogP contribution in [0.2, 0.25) is 0 Å². The van der Waals surface area contributed by atoms with E-state index in [1.807, 2.05) is 11.3 Å². The molecule has 0 saturated carbocycles. The van der Waals surface area contributed by atoms with Crippen LogP contribution in [0.4, 0.5) is 17.1 Å². The van der Waals surface area contributed by atoms with Gasteiger partial charge in [0.25, 0.3) is 0 Å². The molecule has 238 valence electrons. The molecule has 0 atom stereocenters. The summed E-state index contributed by atoms with van der Waals surface area (Å²) < 4.78 is 9.16. The Bertz CT molecular complexity index is 3100. The number of hydrogen-bond donors (Lipinski definition) is 0. The van der Waals surface area contributed by atoms with E-state index in [4.69, 9.17) is 4.42 Å². The molecular weight excluding hydrogens is 639 g/mol. The van der Waals surface area contributed by atoms with Gasteiger partial charge >= 0.3 is 0 Å². The first kappa shape index (κ1) is 28.4. The number of para-hydroxylation sites is 2. The van der Waals surface area contributed by atoms with Gasteiger partial charge in [-0.1, -0.05) is 140 Å². The second-order valence-corrected chi connectivity index (χ2v) is 14.3. The van der Waals surface area contributed by atoms with Crippen LogP contribution in [0.5, 0.6) is 0 Å². The largest absolute Gasteiger partial charge is 0.455 e. The highest BCUT2D eigenvalue weighted by molar-refractivity contribution is 7.26. The summed E-state index contributed by atoms with van der Waals surface area (Å²) in [4.78, 5) is 2.51. The maximum Gasteiger partial charge on any atom is 0.144 e. The van der Waals surface area contributed by atoms with Gasteiger partial charge in [-0.05, 0) is 69.1 Å². The van der Waals surface area contributed by atoms with Crippen molar-refractivity contribution in [1.29, 1.82) is 0 Å². The molecule has 0 aliphatic rings. The fourth-order valence-electron chi connectivity index (χ4n) is 8.18. The molecule has 51 heavy (non-hydrogen) atoms. The maximum atomic E-state index is 6.70. The van der Waals surface area contributed by atoms with Gasteiger partial charge in [0, 0.05) is 42.7 Å². The Morgan fingerprint density at radius 3 is 1.82 bits per heavy atom. The second kappa shape index (κ2) is 11.0.